The van der Waals surface area contributed by atoms with E-state index in [-0.39, 0.29) is 24.8 Å². The van der Waals surface area contributed by atoms with Gasteiger partial charge in [0.1, 0.15) is 11.5 Å². The van der Waals surface area contributed by atoms with Crippen LogP contribution in [0.3, 0.4) is 0 Å². The molecule has 0 aliphatic rings. The Morgan fingerprint density at radius 3 is 2.18 bits per heavy atom. The number of anilines is 1. The van der Waals surface area contributed by atoms with E-state index in [9.17, 15) is 9.59 Å². The Bertz CT molecular complexity index is 911. The van der Waals surface area contributed by atoms with E-state index in [1.54, 1.807) is 12.1 Å². The SMILES string of the molecule is O=C(Cc1ccccc1)NCCC(=O)Nc1cccc(Oc2ccccc2)c1. The van der Waals surface area contributed by atoms with Crippen LogP contribution >= 0.6 is 0 Å². The third-order valence-corrected chi connectivity index (χ3v) is 3.98. The molecule has 28 heavy (non-hydrogen) atoms. The minimum atomic E-state index is -0.170. The fourth-order valence-corrected chi connectivity index (χ4v) is 2.64. The predicted octanol–water partition coefficient (Wildman–Crippen LogP) is 4.17. The average molecular weight is 374 g/mol. The van der Waals surface area contributed by atoms with Gasteiger partial charge in [-0.25, -0.2) is 0 Å². The summed E-state index contributed by atoms with van der Waals surface area (Å²) >= 11 is 0. The fourth-order valence-electron chi connectivity index (χ4n) is 2.64. The number of carbonyl (C=O) groups excluding carboxylic acids is 2. The maximum absolute atomic E-state index is 12.1. The molecule has 0 atom stereocenters. The largest absolute Gasteiger partial charge is 0.457 e. The second-order valence-electron chi connectivity index (χ2n) is 6.25. The van der Waals surface area contributed by atoms with Gasteiger partial charge >= 0.3 is 0 Å². The van der Waals surface area contributed by atoms with Crippen molar-refractivity contribution < 1.29 is 14.3 Å². The summed E-state index contributed by atoms with van der Waals surface area (Å²) in [5.41, 5.74) is 1.59. The van der Waals surface area contributed by atoms with Crippen molar-refractivity contribution >= 4 is 17.5 Å². The minimum Gasteiger partial charge on any atom is -0.457 e. The van der Waals surface area contributed by atoms with Crippen LogP contribution in [0.25, 0.3) is 0 Å². The summed E-state index contributed by atoms with van der Waals surface area (Å²) in [6.07, 6.45) is 0.506. The molecule has 2 N–H and O–H groups in total. The van der Waals surface area contributed by atoms with Gasteiger partial charge in [-0.05, 0) is 29.8 Å². The van der Waals surface area contributed by atoms with Crippen LogP contribution in [0.15, 0.2) is 84.9 Å². The number of amides is 2. The van der Waals surface area contributed by atoms with E-state index in [0.717, 1.165) is 11.3 Å². The molecule has 0 saturated carbocycles. The van der Waals surface area contributed by atoms with Gasteiger partial charge in [-0.15, -0.1) is 0 Å². The molecule has 2 amide bonds. The molecular weight excluding hydrogens is 352 g/mol. The van der Waals surface area contributed by atoms with Crippen molar-refractivity contribution in [1.82, 2.24) is 5.32 Å². The minimum absolute atomic E-state index is 0.0998. The lowest BCUT2D eigenvalue weighted by atomic mass is 10.1. The third kappa shape index (κ3) is 6.29. The number of nitrogens with one attached hydrogen (secondary N) is 2. The van der Waals surface area contributed by atoms with Crippen molar-refractivity contribution in [2.45, 2.75) is 12.8 Å². The van der Waals surface area contributed by atoms with E-state index >= 15 is 0 Å². The molecule has 0 radical (unpaired) electrons. The summed E-state index contributed by atoms with van der Waals surface area (Å²) in [6.45, 7) is 0.289. The predicted molar refractivity (Wildman–Crippen MR) is 109 cm³/mol. The highest BCUT2D eigenvalue weighted by Gasteiger charge is 2.07. The lowest BCUT2D eigenvalue weighted by molar-refractivity contribution is -0.120. The Labute approximate surface area is 164 Å². The normalized spacial score (nSPS) is 10.1. The van der Waals surface area contributed by atoms with E-state index < -0.39 is 0 Å². The second-order valence-corrected chi connectivity index (χ2v) is 6.25. The molecule has 0 spiro atoms. The zero-order valence-electron chi connectivity index (χ0n) is 15.4. The summed E-state index contributed by atoms with van der Waals surface area (Å²) in [7, 11) is 0. The number of carbonyl (C=O) groups is 2. The Morgan fingerprint density at radius 1 is 0.750 bits per heavy atom. The van der Waals surface area contributed by atoms with Gasteiger partial charge in [0.15, 0.2) is 0 Å². The molecule has 0 aliphatic heterocycles. The second kappa shape index (κ2) is 9.92. The zero-order valence-corrected chi connectivity index (χ0v) is 15.4. The topological polar surface area (TPSA) is 67.4 Å². The Hall–Kier alpha value is -3.60. The van der Waals surface area contributed by atoms with Crippen LogP contribution < -0.4 is 15.4 Å². The molecule has 3 aromatic rings. The summed E-state index contributed by atoms with van der Waals surface area (Å²) in [5, 5.41) is 5.59. The van der Waals surface area contributed by atoms with Gasteiger partial charge in [-0.1, -0.05) is 54.6 Å². The standard InChI is InChI=1S/C23H22N2O3/c26-22(14-15-24-23(27)16-18-8-3-1-4-9-18)25-19-10-7-13-21(17-19)28-20-11-5-2-6-12-20/h1-13,17H,14-16H2,(H,24,27)(H,25,26). The fraction of sp³-hybridized carbons (Fsp3) is 0.130. The van der Waals surface area contributed by atoms with E-state index in [1.165, 1.54) is 0 Å². The molecule has 142 valence electrons. The summed E-state index contributed by atoms with van der Waals surface area (Å²) < 4.78 is 5.76. The molecule has 5 nitrogen and oxygen atoms in total. The van der Waals surface area contributed by atoms with Crippen LogP contribution in [0.2, 0.25) is 0 Å². The highest BCUT2D eigenvalue weighted by atomic mass is 16.5. The number of benzene rings is 3. The zero-order chi connectivity index (χ0) is 19.6. The van der Waals surface area contributed by atoms with E-state index in [4.69, 9.17) is 4.74 Å². The smallest absolute Gasteiger partial charge is 0.226 e. The number of rotatable bonds is 8. The number of hydrogen-bond acceptors (Lipinski definition) is 3. The van der Waals surface area contributed by atoms with Crippen LogP contribution in [0.1, 0.15) is 12.0 Å². The molecule has 0 aromatic heterocycles. The van der Waals surface area contributed by atoms with Gasteiger partial charge in [0.05, 0.1) is 6.42 Å². The van der Waals surface area contributed by atoms with Crippen molar-refractivity contribution in [2.24, 2.45) is 0 Å². The van der Waals surface area contributed by atoms with Crippen molar-refractivity contribution in [3.05, 3.63) is 90.5 Å². The van der Waals surface area contributed by atoms with Crippen molar-refractivity contribution in [2.75, 3.05) is 11.9 Å². The average Bonchev–Trinajstić information content (AvgIpc) is 2.70. The lowest BCUT2D eigenvalue weighted by Crippen LogP contribution is -2.28. The van der Waals surface area contributed by atoms with Crippen molar-refractivity contribution in [1.29, 1.82) is 0 Å². The van der Waals surface area contributed by atoms with Crippen LogP contribution in [-0.2, 0) is 16.0 Å². The molecule has 5 heteroatoms. The molecular formula is C23H22N2O3. The maximum Gasteiger partial charge on any atom is 0.226 e. The number of hydrogen-bond donors (Lipinski definition) is 2. The van der Waals surface area contributed by atoms with E-state index in [2.05, 4.69) is 10.6 Å². The summed E-state index contributed by atoms with van der Waals surface area (Å²) in [5.74, 6) is 1.10. The molecule has 0 fully saturated rings. The van der Waals surface area contributed by atoms with Gasteiger partial charge in [-0.3, -0.25) is 9.59 Å². The van der Waals surface area contributed by atoms with Gasteiger partial charge in [0, 0.05) is 24.7 Å². The lowest BCUT2D eigenvalue weighted by Gasteiger charge is -2.09. The van der Waals surface area contributed by atoms with E-state index in [0.29, 0.717) is 17.9 Å². The molecule has 0 heterocycles. The van der Waals surface area contributed by atoms with Gasteiger partial charge in [-0.2, -0.15) is 0 Å². The van der Waals surface area contributed by atoms with Crippen LogP contribution in [-0.4, -0.2) is 18.4 Å². The Kier molecular flexibility index (Phi) is 6.79. The molecule has 0 saturated heterocycles. The molecule has 3 rings (SSSR count). The van der Waals surface area contributed by atoms with E-state index in [1.807, 2.05) is 72.8 Å². The van der Waals surface area contributed by atoms with Crippen molar-refractivity contribution in [3.63, 3.8) is 0 Å². The van der Waals surface area contributed by atoms with Crippen LogP contribution in [0.5, 0.6) is 11.5 Å². The number of ether oxygens (including phenoxy) is 1. The first kappa shape index (κ1) is 19.2. The summed E-state index contributed by atoms with van der Waals surface area (Å²) in [6, 6.07) is 26.1. The summed E-state index contributed by atoms with van der Waals surface area (Å²) in [4.78, 5) is 24.0. The highest BCUT2D eigenvalue weighted by Crippen LogP contribution is 2.23. The van der Waals surface area contributed by atoms with Gasteiger partial charge < -0.3 is 15.4 Å². The first-order chi connectivity index (χ1) is 13.7. The molecule has 0 unspecified atom stereocenters. The molecule has 3 aromatic carbocycles. The molecule has 0 bridgehead atoms. The molecule has 0 aliphatic carbocycles. The highest BCUT2D eigenvalue weighted by molar-refractivity contribution is 5.91. The van der Waals surface area contributed by atoms with Gasteiger partial charge in [0.2, 0.25) is 11.8 Å². The third-order valence-electron chi connectivity index (χ3n) is 3.98. The van der Waals surface area contributed by atoms with Crippen LogP contribution in [0, 0.1) is 0 Å². The Balaban J connectivity index is 1.43. The quantitative estimate of drug-likeness (QED) is 0.622. The number of para-hydroxylation sites is 1. The van der Waals surface area contributed by atoms with Gasteiger partial charge in [0.25, 0.3) is 0 Å². The first-order valence-corrected chi connectivity index (χ1v) is 9.12. The maximum atomic E-state index is 12.1. The first-order valence-electron chi connectivity index (χ1n) is 9.12. The monoisotopic (exact) mass is 374 g/mol. The Morgan fingerprint density at radius 2 is 1.43 bits per heavy atom. The van der Waals surface area contributed by atoms with Crippen LogP contribution in [0.4, 0.5) is 5.69 Å². The van der Waals surface area contributed by atoms with Crippen molar-refractivity contribution in [3.8, 4) is 11.5 Å².